The van der Waals surface area contributed by atoms with E-state index in [-0.39, 0.29) is 33.8 Å². The topological polar surface area (TPSA) is 144 Å². The number of carboxylic acid groups (broad SMARTS) is 1. The number of aromatic nitrogens is 1. The lowest BCUT2D eigenvalue weighted by Gasteiger charge is -2.49. The molecule has 1 spiro atoms. The lowest BCUT2D eigenvalue weighted by molar-refractivity contribution is -0.00254. The van der Waals surface area contributed by atoms with E-state index in [0.29, 0.717) is 48.5 Å². The van der Waals surface area contributed by atoms with Crippen molar-refractivity contribution in [2.75, 3.05) is 18.5 Å². The number of pyridine rings is 1. The van der Waals surface area contributed by atoms with Gasteiger partial charge in [-0.15, -0.1) is 11.3 Å². The minimum Gasteiger partial charge on any atom is -0.493 e. The van der Waals surface area contributed by atoms with Crippen LogP contribution < -0.4 is 21.1 Å². The van der Waals surface area contributed by atoms with Crippen LogP contribution in [0.25, 0.3) is 21.6 Å². The lowest BCUT2D eigenvalue weighted by Crippen LogP contribution is -2.43. The number of anilines is 1. The summed E-state index contributed by atoms with van der Waals surface area (Å²) in [4.78, 5) is 46.2. The summed E-state index contributed by atoms with van der Waals surface area (Å²) >= 11 is 1.58. The van der Waals surface area contributed by atoms with Crippen LogP contribution in [0.2, 0.25) is 0 Å². The highest BCUT2D eigenvalue weighted by Crippen LogP contribution is 2.78. The summed E-state index contributed by atoms with van der Waals surface area (Å²) in [7, 11) is 0. The number of ether oxygens (including phenoxy) is 1. The number of rotatable bonds is 8. The minimum atomic E-state index is -1.29. The molecule has 51 heavy (non-hydrogen) atoms. The smallest absolute Gasteiger partial charge is 0.355 e. The number of nitrogens with two attached hydrogens (primary N) is 1. The van der Waals surface area contributed by atoms with E-state index in [1.54, 1.807) is 35.6 Å². The molecule has 0 radical (unpaired) electrons. The Bertz CT molecular complexity index is 2130. The van der Waals surface area contributed by atoms with Crippen LogP contribution in [-0.4, -0.2) is 41.0 Å². The number of aromatic carboxylic acids is 1. The summed E-state index contributed by atoms with van der Waals surface area (Å²) in [5.41, 5.74) is 12.5. The number of thiophene rings is 1. The highest BCUT2D eigenvalue weighted by Gasteiger charge is 2.70. The van der Waals surface area contributed by atoms with E-state index in [0.717, 1.165) is 50.4 Å². The molecule has 4 saturated carbocycles. The standard InChI is InChI=1S/C41H42N4O5S/c1-21-9-23(18-42)10-22(2)34(21)45-37(46)30-13-31-33(50-7-5-25-6-8-51-36(25)31)14-29(30)28-3-4-32(44-35(28)39(48)49)38(47)43-20-40-15-24-11-26-12-27(17-40)41(26,16-24)19-40/h3-4,6,8-10,13-14,24,26-27H,5,7,11-12,15-20,42H2,1-2H3,(H,43,47)(H,45,46)(H,48,49). The Hall–Kier alpha value is -4.54. The van der Waals surface area contributed by atoms with Crippen LogP contribution in [-0.2, 0) is 13.0 Å². The zero-order valence-electron chi connectivity index (χ0n) is 28.9. The molecule has 3 bridgehead atoms. The van der Waals surface area contributed by atoms with E-state index in [1.807, 2.05) is 31.4 Å². The molecule has 5 aliphatic rings. The monoisotopic (exact) mass is 702 g/mol. The Balaban J connectivity index is 1.07. The summed E-state index contributed by atoms with van der Waals surface area (Å²) in [6.07, 6.45) is 8.33. The molecule has 4 fully saturated rings. The van der Waals surface area contributed by atoms with Crippen LogP contribution in [0, 0.1) is 42.4 Å². The molecule has 2 aromatic carbocycles. The third-order valence-electron chi connectivity index (χ3n) is 12.9. The van der Waals surface area contributed by atoms with Crippen molar-refractivity contribution in [1.82, 2.24) is 10.3 Å². The van der Waals surface area contributed by atoms with Crippen LogP contribution in [0.1, 0.15) is 92.1 Å². The Morgan fingerprint density at radius 1 is 0.980 bits per heavy atom. The Morgan fingerprint density at radius 3 is 2.59 bits per heavy atom. The number of carboxylic acids is 1. The van der Waals surface area contributed by atoms with E-state index >= 15 is 0 Å². The number of amides is 2. The Morgan fingerprint density at radius 2 is 1.80 bits per heavy atom. The van der Waals surface area contributed by atoms with Crippen LogP contribution in [0.5, 0.6) is 5.75 Å². The first-order valence-corrected chi connectivity index (χ1v) is 19.0. The fourth-order valence-corrected chi connectivity index (χ4v) is 11.9. The van der Waals surface area contributed by atoms with Crippen molar-refractivity contribution in [1.29, 1.82) is 0 Å². The van der Waals surface area contributed by atoms with Gasteiger partial charge in [-0.2, -0.15) is 0 Å². The summed E-state index contributed by atoms with van der Waals surface area (Å²) < 4.78 is 6.20. The molecule has 2 aromatic heterocycles. The maximum absolute atomic E-state index is 14.3. The number of hydrogen-bond donors (Lipinski definition) is 4. The predicted molar refractivity (Wildman–Crippen MR) is 196 cm³/mol. The molecule has 262 valence electrons. The number of nitrogens with one attached hydrogen (secondary N) is 2. The number of benzene rings is 2. The normalized spacial score (nSPS) is 26.3. The molecule has 5 N–H and O–H groups in total. The summed E-state index contributed by atoms with van der Waals surface area (Å²) in [5, 5.41) is 18.8. The van der Waals surface area contributed by atoms with Gasteiger partial charge in [0.25, 0.3) is 11.8 Å². The van der Waals surface area contributed by atoms with Crippen molar-refractivity contribution in [3.8, 4) is 27.3 Å². The second-order valence-electron chi connectivity index (χ2n) is 15.9. The molecular formula is C41H42N4O5S. The highest BCUT2D eigenvalue weighted by molar-refractivity contribution is 7.13. The van der Waals surface area contributed by atoms with Gasteiger partial charge >= 0.3 is 5.97 Å². The van der Waals surface area contributed by atoms with Gasteiger partial charge in [-0.1, -0.05) is 12.1 Å². The van der Waals surface area contributed by atoms with E-state index in [9.17, 15) is 19.5 Å². The van der Waals surface area contributed by atoms with Crippen LogP contribution in [0.4, 0.5) is 5.69 Å². The molecule has 1 aliphatic heterocycles. The minimum absolute atomic E-state index is 0.0508. The highest BCUT2D eigenvalue weighted by atomic mass is 32.1. The predicted octanol–water partition coefficient (Wildman–Crippen LogP) is 7.38. The largest absolute Gasteiger partial charge is 0.493 e. The molecule has 5 unspecified atom stereocenters. The van der Waals surface area contributed by atoms with Gasteiger partial charge in [-0.3, -0.25) is 9.59 Å². The third kappa shape index (κ3) is 5.12. The second kappa shape index (κ2) is 11.7. The van der Waals surface area contributed by atoms with E-state index in [1.165, 1.54) is 38.5 Å². The quantitative estimate of drug-likeness (QED) is 0.150. The molecule has 9 nitrogen and oxygen atoms in total. The van der Waals surface area contributed by atoms with Gasteiger partial charge in [-0.25, -0.2) is 9.78 Å². The average molecular weight is 703 g/mol. The first kappa shape index (κ1) is 32.4. The van der Waals surface area contributed by atoms with E-state index < -0.39 is 11.9 Å². The second-order valence-corrected chi connectivity index (χ2v) is 16.8. The van der Waals surface area contributed by atoms with Crippen molar-refractivity contribution < 1.29 is 24.2 Å². The summed E-state index contributed by atoms with van der Waals surface area (Å²) in [6, 6.07) is 12.7. The number of nitrogens with zero attached hydrogens (tertiary/aromatic N) is 1. The van der Waals surface area contributed by atoms with Crippen molar-refractivity contribution >= 4 is 34.8 Å². The molecule has 4 aliphatic carbocycles. The molecule has 10 heteroatoms. The number of carbonyl (C=O) groups excluding carboxylic acids is 2. The maximum atomic E-state index is 14.3. The van der Waals surface area contributed by atoms with E-state index in [4.69, 9.17) is 10.5 Å². The zero-order valence-corrected chi connectivity index (χ0v) is 29.8. The number of hydrogen-bond acceptors (Lipinski definition) is 7. The van der Waals surface area contributed by atoms with Crippen molar-refractivity contribution in [2.24, 2.45) is 34.3 Å². The first-order chi connectivity index (χ1) is 24.6. The van der Waals surface area contributed by atoms with Gasteiger partial charge in [0.1, 0.15) is 11.4 Å². The van der Waals surface area contributed by atoms with E-state index in [2.05, 4.69) is 21.7 Å². The lowest BCUT2D eigenvalue weighted by atomic mass is 9.55. The number of aryl methyl sites for hydroxylation is 2. The molecule has 3 heterocycles. The summed E-state index contributed by atoms with van der Waals surface area (Å²) in [5.74, 6) is 0.953. The van der Waals surface area contributed by atoms with Gasteiger partial charge in [0.05, 0.1) is 6.61 Å². The molecule has 9 rings (SSSR count). The van der Waals surface area contributed by atoms with Crippen molar-refractivity contribution in [3.63, 3.8) is 0 Å². The molecule has 4 aromatic rings. The average Bonchev–Trinajstić information content (AvgIpc) is 3.66. The SMILES string of the molecule is Cc1cc(CN)cc(C)c1NC(=O)c1cc2c(cc1-c1ccc(C(=O)NCC34CC5CC6CC(C3)C6(C5)C4)nc1C(=O)O)OCCc1ccsc1-2. The summed E-state index contributed by atoms with van der Waals surface area (Å²) in [6.45, 7) is 5.28. The van der Waals surface area contributed by atoms with Crippen LogP contribution >= 0.6 is 11.3 Å². The fourth-order valence-electron chi connectivity index (χ4n) is 10.9. The van der Waals surface area contributed by atoms with Crippen molar-refractivity contribution in [3.05, 3.63) is 87.0 Å². The Kier molecular flexibility index (Phi) is 7.46. The van der Waals surface area contributed by atoms with Crippen LogP contribution in [0.3, 0.4) is 0 Å². The van der Waals surface area contributed by atoms with Gasteiger partial charge < -0.3 is 26.2 Å². The van der Waals surface area contributed by atoms with Crippen molar-refractivity contribution in [2.45, 2.75) is 65.3 Å². The first-order valence-electron chi connectivity index (χ1n) is 18.1. The Labute approximate surface area is 301 Å². The fraction of sp³-hybridized carbons (Fsp3) is 0.415. The van der Waals surface area contributed by atoms with Gasteiger partial charge in [0.15, 0.2) is 5.69 Å². The molecular weight excluding hydrogens is 661 g/mol. The number of carbonyl (C=O) groups is 3. The molecule has 5 atom stereocenters. The van der Waals surface area contributed by atoms with Gasteiger partial charge in [0, 0.05) is 52.3 Å². The van der Waals surface area contributed by atoms with Gasteiger partial charge in [-0.05, 0) is 139 Å². The van der Waals surface area contributed by atoms with Gasteiger partial charge in [0.2, 0.25) is 0 Å². The number of fused-ring (bicyclic) bond motifs is 5. The molecule has 0 saturated heterocycles. The third-order valence-corrected chi connectivity index (χ3v) is 13.9. The maximum Gasteiger partial charge on any atom is 0.355 e. The molecule has 2 amide bonds. The zero-order chi connectivity index (χ0) is 35.2. The van der Waals surface area contributed by atoms with Crippen LogP contribution in [0.15, 0.2) is 47.8 Å².